The van der Waals surface area contributed by atoms with Crippen LogP contribution < -0.4 is 11.3 Å². The summed E-state index contributed by atoms with van der Waals surface area (Å²) < 4.78 is 0. The van der Waals surface area contributed by atoms with Gasteiger partial charge >= 0.3 is 0 Å². The zero-order valence-corrected chi connectivity index (χ0v) is 5.13. The Bertz CT molecular complexity index is 157. The minimum atomic E-state index is 0.0347. The van der Waals surface area contributed by atoms with E-state index in [0.29, 0.717) is 0 Å². The van der Waals surface area contributed by atoms with E-state index in [9.17, 15) is 0 Å². The van der Waals surface area contributed by atoms with Crippen LogP contribution in [0.25, 0.3) is 0 Å². The minimum absolute atomic E-state index is 0.0347. The van der Waals surface area contributed by atoms with Gasteiger partial charge in [0.2, 0.25) is 0 Å². The molecule has 0 aliphatic heterocycles. The largest absolute Gasteiger partial charge is 0.271 e. The van der Waals surface area contributed by atoms with Gasteiger partial charge in [-0.25, -0.2) is 4.98 Å². The predicted octanol–water partition coefficient (Wildman–Crippen LogP) is -0.671. The second-order valence-electron chi connectivity index (χ2n) is 1.76. The van der Waals surface area contributed by atoms with Crippen molar-refractivity contribution >= 4 is 0 Å². The predicted molar refractivity (Wildman–Crippen MR) is 32.1 cm³/mol. The quantitative estimate of drug-likeness (QED) is 0.363. The van der Waals surface area contributed by atoms with E-state index in [1.165, 1.54) is 6.33 Å². The van der Waals surface area contributed by atoms with Gasteiger partial charge in [-0.1, -0.05) is 0 Å². The average Bonchev–Trinajstić information content (AvgIpc) is 2.37. The molecule has 0 aromatic carbocycles. The minimum Gasteiger partial charge on any atom is -0.271 e. The Balaban J connectivity index is 2.65. The van der Waals surface area contributed by atoms with E-state index in [1.54, 1.807) is 0 Å². The molecular formula is C4H9N5. The molecule has 1 aromatic rings. The zero-order valence-electron chi connectivity index (χ0n) is 5.13. The summed E-state index contributed by atoms with van der Waals surface area (Å²) in [5, 5.41) is 6.34. The van der Waals surface area contributed by atoms with Crippen molar-refractivity contribution in [3.05, 3.63) is 12.2 Å². The number of hydrogen-bond acceptors (Lipinski definition) is 4. The highest BCUT2D eigenvalue weighted by molar-refractivity contribution is 4.86. The van der Waals surface area contributed by atoms with Gasteiger partial charge < -0.3 is 0 Å². The molecule has 1 aromatic heterocycles. The van der Waals surface area contributed by atoms with Crippen LogP contribution in [0.4, 0.5) is 0 Å². The van der Waals surface area contributed by atoms with E-state index in [-0.39, 0.29) is 6.04 Å². The number of nitrogens with two attached hydrogens (primary N) is 1. The normalized spacial score (nSPS) is 13.6. The van der Waals surface area contributed by atoms with Crippen LogP contribution in [0, 0.1) is 0 Å². The first-order chi connectivity index (χ1) is 4.34. The molecule has 50 valence electrons. The second-order valence-corrected chi connectivity index (χ2v) is 1.76. The Labute approximate surface area is 52.6 Å². The lowest BCUT2D eigenvalue weighted by Crippen LogP contribution is -2.26. The zero-order chi connectivity index (χ0) is 6.69. The van der Waals surface area contributed by atoms with Crippen molar-refractivity contribution in [1.82, 2.24) is 20.6 Å². The maximum Gasteiger partial charge on any atom is 0.142 e. The molecular weight excluding hydrogens is 118 g/mol. The lowest BCUT2D eigenvalue weighted by atomic mass is 10.3. The third kappa shape index (κ3) is 1.24. The van der Waals surface area contributed by atoms with Crippen molar-refractivity contribution < 1.29 is 0 Å². The molecule has 4 N–H and O–H groups in total. The number of hydrazine groups is 1. The van der Waals surface area contributed by atoms with E-state index in [1.807, 2.05) is 6.92 Å². The highest BCUT2D eigenvalue weighted by Gasteiger charge is 2.02. The first-order valence-electron chi connectivity index (χ1n) is 2.66. The Kier molecular flexibility index (Phi) is 1.76. The molecule has 1 heterocycles. The number of nitrogens with zero attached hydrogens (tertiary/aromatic N) is 2. The molecule has 0 spiro atoms. The van der Waals surface area contributed by atoms with Gasteiger partial charge in [0.25, 0.3) is 0 Å². The van der Waals surface area contributed by atoms with Crippen LogP contribution in [0.3, 0.4) is 0 Å². The molecule has 0 radical (unpaired) electrons. The number of H-pyrrole nitrogens is 1. The van der Waals surface area contributed by atoms with Crippen LogP contribution in [0.1, 0.15) is 18.8 Å². The molecule has 9 heavy (non-hydrogen) atoms. The molecule has 5 heteroatoms. The van der Waals surface area contributed by atoms with Gasteiger partial charge in [0.1, 0.15) is 12.2 Å². The van der Waals surface area contributed by atoms with Crippen molar-refractivity contribution in [2.75, 3.05) is 0 Å². The van der Waals surface area contributed by atoms with E-state index < -0.39 is 0 Å². The monoisotopic (exact) mass is 127 g/mol. The number of aromatic nitrogens is 3. The molecule has 0 fully saturated rings. The van der Waals surface area contributed by atoms with Crippen molar-refractivity contribution in [2.45, 2.75) is 13.0 Å². The highest BCUT2D eigenvalue weighted by Crippen LogP contribution is 1.99. The lowest BCUT2D eigenvalue weighted by Gasteiger charge is -2.02. The number of hydrogen-bond donors (Lipinski definition) is 3. The third-order valence-electron chi connectivity index (χ3n) is 1.09. The summed E-state index contributed by atoms with van der Waals surface area (Å²) in [5.41, 5.74) is 2.53. The fourth-order valence-corrected chi connectivity index (χ4v) is 0.503. The summed E-state index contributed by atoms with van der Waals surface area (Å²) in [6.07, 6.45) is 1.45. The lowest BCUT2D eigenvalue weighted by molar-refractivity contribution is 0.571. The van der Waals surface area contributed by atoms with Gasteiger partial charge in [0.05, 0.1) is 6.04 Å². The second kappa shape index (κ2) is 2.56. The van der Waals surface area contributed by atoms with Gasteiger partial charge in [0, 0.05) is 0 Å². The SMILES string of the molecule is CC(NN)c1ncn[nH]1. The Hall–Kier alpha value is -0.940. The molecule has 0 saturated carbocycles. The molecule has 1 atom stereocenters. The van der Waals surface area contributed by atoms with Crippen molar-refractivity contribution in [3.63, 3.8) is 0 Å². The van der Waals surface area contributed by atoms with Crippen LogP contribution >= 0.6 is 0 Å². The van der Waals surface area contributed by atoms with Crippen LogP contribution in [0.5, 0.6) is 0 Å². The standard InChI is InChI=1S/C4H9N5/c1-3(8-5)4-6-2-7-9-4/h2-3,8H,5H2,1H3,(H,6,7,9). The molecule has 1 rings (SSSR count). The first kappa shape index (κ1) is 6.18. The van der Waals surface area contributed by atoms with Gasteiger partial charge in [0.15, 0.2) is 0 Å². The van der Waals surface area contributed by atoms with E-state index >= 15 is 0 Å². The van der Waals surface area contributed by atoms with Crippen molar-refractivity contribution in [1.29, 1.82) is 0 Å². The van der Waals surface area contributed by atoms with Gasteiger partial charge in [-0.15, -0.1) is 0 Å². The van der Waals surface area contributed by atoms with E-state index in [2.05, 4.69) is 20.6 Å². The Morgan fingerprint density at radius 3 is 3.11 bits per heavy atom. The topological polar surface area (TPSA) is 79.6 Å². The molecule has 0 bridgehead atoms. The van der Waals surface area contributed by atoms with Crippen LogP contribution in [-0.2, 0) is 0 Å². The van der Waals surface area contributed by atoms with E-state index in [0.717, 1.165) is 5.82 Å². The molecule has 0 amide bonds. The van der Waals surface area contributed by atoms with Crippen LogP contribution in [-0.4, -0.2) is 15.2 Å². The van der Waals surface area contributed by atoms with Gasteiger partial charge in [-0.2, -0.15) is 5.10 Å². The van der Waals surface area contributed by atoms with Crippen molar-refractivity contribution in [3.8, 4) is 0 Å². The summed E-state index contributed by atoms with van der Waals surface area (Å²) in [6.45, 7) is 1.89. The fourth-order valence-electron chi connectivity index (χ4n) is 0.503. The Morgan fingerprint density at radius 1 is 1.89 bits per heavy atom. The number of nitrogens with one attached hydrogen (secondary N) is 2. The summed E-state index contributed by atoms with van der Waals surface area (Å²) in [4.78, 5) is 3.88. The average molecular weight is 127 g/mol. The smallest absolute Gasteiger partial charge is 0.142 e. The molecule has 0 aliphatic rings. The summed E-state index contributed by atoms with van der Waals surface area (Å²) in [6, 6.07) is 0.0347. The maximum atomic E-state index is 5.13. The van der Waals surface area contributed by atoms with Crippen LogP contribution in [0.2, 0.25) is 0 Å². The molecule has 1 unspecified atom stereocenters. The Morgan fingerprint density at radius 2 is 2.67 bits per heavy atom. The van der Waals surface area contributed by atoms with E-state index in [4.69, 9.17) is 5.84 Å². The summed E-state index contributed by atoms with van der Waals surface area (Å²) >= 11 is 0. The molecule has 0 aliphatic carbocycles. The first-order valence-corrected chi connectivity index (χ1v) is 2.66. The third-order valence-corrected chi connectivity index (χ3v) is 1.09. The number of aromatic amines is 1. The van der Waals surface area contributed by atoms with Gasteiger partial charge in [-0.3, -0.25) is 16.4 Å². The fraction of sp³-hybridized carbons (Fsp3) is 0.500. The van der Waals surface area contributed by atoms with Gasteiger partial charge in [-0.05, 0) is 6.92 Å². The summed E-state index contributed by atoms with van der Waals surface area (Å²) in [7, 11) is 0. The van der Waals surface area contributed by atoms with Crippen molar-refractivity contribution in [2.24, 2.45) is 5.84 Å². The summed E-state index contributed by atoms with van der Waals surface area (Å²) in [5.74, 6) is 5.87. The highest BCUT2D eigenvalue weighted by atomic mass is 15.3. The van der Waals surface area contributed by atoms with Crippen LogP contribution in [0.15, 0.2) is 6.33 Å². The number of rotatable bonds is 2. The molecule has 5 nitrogen and oxygen atoms in total. The molecule has 0 saturated heterocycles. The maximum absolute atomic E-state index is 5.13.